The van der Waals surface area contributed by atoms with Gasteiger partial charge in [0.15, 0.2) is 0 Å². The molecule has 2 aromatic rings. The molecule has 1 aliphatic rings. The fourth-order valence-corrected chi connectivity index (χ4v) is 3.38. The van der Waals surface area contributed by atoms with Crippen LogP contribution in [0.2, 0.25) is 5.02 Å². The molecule has 0 radical (unpaired) electrons. The summed E-state index contributed by atoms with van der Waals surface area (Å²) in [6.45, 7) is 5.77. The van der Waals surface area contributed by atoms with Crippen molar-refractivity contribution >= 4 is 23.1 Å². The lowest BCUT2D eigenvalue weighted by Crippen LogP contribution is -2.41. The molecule has 0 aliphatic heterocycles. The van der Waals surface area contributed by atoms with Crippen LogP contribution in [0.3, 0.4) is 0 Å². The minimum Gasteiger partial charge on any atom is -0.329 e. The van der Waals surface area contributed by atoms with Gasteiger partial charge < -0.3 is 4.90 Å². The maximum absolute atomic E-state index is 14.4. The minimum absolute atomic E-state index is 0.156. The molecular weight excluding hydrogens is 379 g/mol. The third kappa shape index (κ3) is 3.60. The third-order valence-corrected chi connectivity index (χ3v) is 5.07. The summed E-state index contributed by atoms with van der Waals surface area (Å²) in [5.74, 6) is -1.88. The van der Waals surface area contributed by atoms with Gasteiger partial charge in [0.2, 0.25) is 5.95 Å². The molecule has 0 bridgehead atoms. The Morgan fingerprint density at radius 2 is 2.00 bits per heavy atom. The fourth-order valence-electron chi connectivity index (χ4n) is 3.13. The Morgan fingerprint density at radius 3 is 2.56 bits per heavy atom. The molecular formula is C19H19ClF3N3O. The summed E-state index contributed by atoms with van der Waals surface area (Å²) in [7, 11) is 1.19. The van der Waals surface area contributed by atoms with Crippen LogP contribution in [0.1, 0.15) is 47.8 Å². The monoisotopic (exact) mass is 397 g/mol. The van der Waals surface area contributed by atoms with Crippen molar-refractivity contribution in [2.75, 3.05) is 0 Å². The van der Waals surface area contributed by atoms with Crippen LogP contribution in [0, 0.1) is 5.95 Å². The number of benzene rings is 1. The summed E-state index contributed by atoms with van der Waals surface area (Å²) >= 11 is 6.22. The zero-order valence-electron chi connectivity index (χ0n) is 14.9. The fraction of sp³-hybridized carbons (Fsp3) is 0.368. The molecule has 0 spiro atoms. The van der Waals surface area contributed by atoms with Gasteiger partial charge in [-0.2, -0.15) is 9.49 Å². The summed E-state index contributed by atoms with van der Waals surface area (Å²) in [5, 5.41) is 3.94. The van der Waals surface area contributed by atoms with Crippen LogP contribution in [0.25, 0.3) is 5.57 Å². The average Bonchev–Trinajstić information content (AvgIpc) is 3.40. The van der Waals surface area contributed by atoms with E-state index in [-0.39, 0.29) is 6.04 Å². The third-order valence-electron chi connectivity index (χ3n) is 4.74. The van der Waals surface area contributed by atoms with Crippen LogP contribution >= 0.6 is 11.6 Å². The second-order valence-corrected chi connectivity index (χ2v) is 7.01. The lowest BCUT2D eigenvalue weighted by Gasteiger charge is -2.31. The predicted molar refractivity (Wildman–Crippen MR) is 97.3 cm³/mol. The van der Waals surface area contributed by atoms with Crippen molar-refractivity contribution in [3.05, 3.63) is 58.6 Å². The molecule has 1 amide bonds. The molecule has 144 valence electrons. The quantitative estimate of drug-likeness (QED) is 0.698. The van der Waals surface area contributed by atoms with E-state index in [4.69, 9.17) is 11.6 Å². The summed E-state index contributed by atoms with van der Waals surface area (Å²) in [6.07, 6.45) is -1.61. The van der Waals surface area contributed by atoms with Gasteiger partial charge in [0.1, 0.15) is 11.3 Å². The number of amides is 1. The van der Waals surface area contributed by atoms with E-state index in [0.717, 1.165) is 12.8 Å². The molecule has 27 heavy (non-hydrogen) atoms. The summed E-state index contributed by atoms with van der Waals surface area (Å²) in [6, 6.07) is 6.33. The average molecular weight is 398 g/mol. The summed E-state index contributed by atoms with van der Waals surface area (Å²) < 4.78 is 41.6. The van der Waals surface area contributed by atoms with Crippen LogP contribution in [0.15, 0.2) is 30.8 Å². The molecule has 1 atom stereocenters. The van der Waals surface area contributed by atoms with Crippen LogP contribution in [0.5, 0.6) is 0 Å². The van der Waals surface area contributed by atoms with Gasteiger partial charge in [-0.15, -0.1) is 0 Å². The van der Waals surface area contributed by atoms with E-state index < -0.39 is 35.6 Å². The lowest BCUT2D eigenvalue weighted by atomic mass is 9.99. The molecule has 1 heterocycles. The van der Waals surface area contributed by atoms with Gasteiger partial charge in [0.05, 0.1) is 6.04 Å². The molecule has 8 heteroatoms. The Labute approximate surface area is 160 Å². The highest BCUT2D eigenvalue weighted by Gasteiger charge is 2.41. The van der Waals surface area contributed by atoms with Crippen LogP contribution in [-0.2, 0) is 7.05 Å². The first-order chi connectivity index (χ1) is 12.7. The van der Waals surface area contributed by atoms with Crippen molar-refractivity contribution in [3.8, 4) is 0 Å². The van der Waals surface area contributed by atoms with Crippen molar-refractivity contribution in [2.24, 2.45) is 7.05 Å². The first-order valence-corrected chi connectivity index (χ1v) is 8.88. The number of hydrogen-bond donors (Lipinski definition) is 0. The minimum atomic E-state index is -3.05. The second kappa shape index (κ2) is 7.38. The van der Waals surface area contributed by atoms with Gasteiger partial charge in [-0.25, -0.2) is 13.5 Å². The summed E-state index contributed by atoms with van der Waals surface area (Å²) in [5.41, 5.74) is -0.311. The van der Waals surface area contributed by atoms with Gasteiger partial charge in [-0.05, 0) is 37.0 Å². The van der Waals surface area contributed by atoms with Gasteiger partial charge in [0, 0.05) is 18.1 Å². The Bertz CT molecular complexity index is 892. The molecule has 0 N–H and O–H groups in total. The number of aromatic nitrogens is 2. The van der Waals surface area contributed by atoms with Crippen molar-refractivity contribution in [3.63, 3.8) is 0 Å². The Hall–Kier alpha value is -2.28. The Morgan fingerprint density at radius 1 is 1.37 bits per heavy atom. The van der Waals surface area contributed by atoms with Crippen LogP contribution in [0.4, 0.5) is 13.2 Å². The number of carbonyl (C=O) groups excluding carboxylic acids is 1. The van der Waals surface area contributed by atoms with Crippen molar-refractivity contribution in [1.29, 1.82) is 0 Å². The molecule has 0 saturated heterocycles. The largest absolute Gasteiger partial charge is 0.329 e. The Kier molecular flexibility index (Phi) is 5.33. The molecule has 1 aliphatic carbocycles. The van der Waals surface area contributed by atoms with E-state index in [1.165, 1.54) is 11.9 Å². The van der Waals surface area contributed by atoms with Gasteiger partial charge in [0.25, 0.3) is 12.3 Å². The first-order valence-electron chi connectivity index (χ1n) is 8.51. The van der Waals surface area contributed by atoms with Gasteiger partial charge in [-0.3, -0.25) is 4.79 Å². The van der Waals surface area contributed by atoms with Crippen LogP contribution < -0.4 is 0 Å². The molecule has 1 saturated carbocycles. The molecule has 1 aromatic heterocycles. The maximum atomic E-state index is 14.4. The van der Waals surface area contributed by atoms with Gasteiger partial charge >= 0.3 is 0 Å². The molecule has 3 rings (SSSR count). The van der Waals surface area contributed by atoms with Gasteiger partial charge in [-0.1, -0.05) is 36.4 Å². The number of nitrogens with zero attached hydrogens (tertiary/aromatic N) is 3. The number of alkyl halides is 2. The van der Waals surface area contributed by atoms with E-state index in [1.54, 1.807) is 31.2 Å². The molecule has 1 fully saturated rings. The van der Waals surface area contributed by atoms with Crippen molar-refractivity contribution in [2.45, 2.75) is 38.3 Å². The standard InChI is InChI=1S/C19H19ClF3N3O/c1-10(13-6-4-5-7-14(13)20)11(2)26(12-8-9-12)19(27)15-16(17(21)22)24-25(3)18(15)23/h4-7,11-12,17H,1,8-9H2,2-3H3. The normalized spacial score (nSPS) is 15.1. The summed E-state index contributed by atoms with van der Waals surface area (Å²) in [4.78, 5) is 14.5. The molecule has 1 aromatic carbocycles. The smallest absolute Gasteiger partial charge is 0.283 e. The zero-order chi connectivity index (χ0) is 19.9. The highest BCUT2D eigenvalue weighted by Crippen LogP contribution is 2.37. The second-order valence-electron chi connectivity index (χ2n) is 6.60. The molecule has 1 unspecified atom stereocenters. The van der Waals surface area contributed by atoms with E-state index in [9.17, 15) is 18.0 Å². The van der Waals surface area contributed by atoms with E-state index in [2.05, 4.69) is 11.7 Å². The van der Waals surface area contributed by atoms with Crippen molar-refractivity contribution < 1.29 is 18.0 Å². The zero-order valence-corrected chi connectivity index (χ0v) is 15.7. The number of rotatable bonds is 6. The predicted octanol–water partition coefficient (Wildman–Crippen LogP) is 4.86. The number of carbonyl (C=O) groups is 1. The number of halogens is 4. The molecule has 4 nitrogen and oxygen atoms in total. The number of aryl methyl sites for hydroxylation is 1. The topological polar surface area (TPSA) is 38.1 Å². The number of hydrogen-bond acceptors (Lipinski definition) is 2. The maximum Gasteiger partial charge on any atom is 0.283 e. The highest BCUT2D eigenvalue weighted by atomic mass is 35.5. The lowest BCUT2D eigenvalue weighted by molar-refractivity contribution is 0.0698. The Balaban J connectivity index is 1.98. The first kappa shape index (κ1) is 19.5. The van der Waals surface area contributed by atoms with Crippen LogP contribution in [-0.4, -0.2) is 32.7 Å². The van der Waals surface area contributed by atoms with E-state index in [1.807, 2.05) is 0 Å². The SMILES string of the molecule is C=C(c1ccccc1Cl)C(C)N(C(=O)c1c(C(F)F)nn(C)c1F)C1CC1. The highest BCUT2D eigenvalue weighted by molar-refractivity contribution is 6.32. The van der Waals surface area contributed by atoms with E-state index in [0.29, 0.717) is 20.8 Å². The van der Waals surface area contributed by atoms with Crippen molar-refractivity contribution in [1.82, 2.24) is 14.7 Å². The van der Waals surface area contributed by atoms with E-state index >= 15 is 0 Å².